The summed E-state index contributed by atoms with van der Waals surface area (Å²) in [6.45, 7) is 8.80. The van der Waals surface area contributed by atoms with Gasteiger partial charge in [-0.25, -0.2) is 15.0 Å². The van der Waals surface area contributed by atoms with Crippen molar-refractivity contribution in [2.24, 2.45) is 0 Å². The summed E-state index contributed by atoms with van der Waals surface area (Å²) in [5.41, 5.74) is 6.41. The molecule has 0 atom stereocenters. The average Bonchev–Trinajstić information content (AvgIpc) is 3.21. The number of ether oxygens (including phenoxy) is 6. The lowest BCUT2D eigenvalue weighted by Gasteiger charge is -2.25. The zero-order chi connectivity index (χ0) is 42.3. The summed E-state index contributed by atoms with van der Waals surface area (Å²) < 4.78 is 32.6. The molecular formula is C41H52N10O8. The predicted octanol–water partition coefficient (Wildman–Crippen LogP) is 4.61. The van der Waals surface area contributed by atoms with Gasteiger partial charge in [0, 0.05) is 52.2 Å². The number of carbonyl (C=O) groups is 1. The van der Waals surface area contributed by atoms with Crippen LogP contribution in [0.2, 0.25) is 0 Å². The van der Waals surface area contributed by atoms with E-state index in [1.54, 1.807) is 43.3 Å². The van der Waals surface area contributed by atoms with E-state index in [4.69, 9.17) is 43.4 Å². The van der Waals surface area contributed by atoms with Gasteiger partial charge < -0.3 is 44.2 Å². The number of aromatic nitrogens is 6. The number of amides is 1. The van der Waals surface area contributed by atoms with Crippen LogP contribution in [-0.2, 0) is 28.5 Å². The van der Waals surface area contributed by atoms with E-state index in [0.717, 1.165) is 33.4 Å². The first-order valence-electron chi connectivity index (χ1n) is 18.7. The highest BCUT2D eigenvalue weighted by atomic mass is 16.5. The summed E-state index contributed by atoms with van der Waals surface area (Å²) >= 11 is 0. The predicted molar refractivity (Wildman–Crippen MR) is 222 cm³/mol. The second-order valence-corrected chi connectivity index (χ2v) is 13.5. The van der Waals surface area contributed by atoms with E-state index < -0.39 is 0 Å². The van der Waals surface area contributed by atoms with Gasteiger partial charge in [-0.3, -0.25) is 14.6 Å². The van der Waals surface area contributed by atoms with E-state index >= 15 is 0 Å². The van der Waals surface area contributed by atoms with Crippen molar-refractivity contribution in [2.45, 2.75) is 27.7 Å². The maximum absolute atomic E-state index is 12.7. The largest absolute Gasteiger partial charge is 0.507 e. The van der Waals surface area contributed by atoms with Crippen molar-refractivity contribution in [3.8, 4) is 45.7 Å². The zero-order valence-electron chi connectivity index (χ0n) is 34.7. The molecule has 3 N–H and O–H groups in total. The highest BCUT2D eigenvalue weighted by Crippen LogP contribution is 2.34. The first-order valence-corrected chi connectivity index (χ1v) is 18.7. The number of hydrogen-bond acceptors (Lipinski definition) is 17. The maximum Gasteiger partial charge on any atom is 0.258 e. The quantitative estimate of drug-likeness (QED) is 0.0646. The van der Waals surface area contributed by atoms with Gasteiger partial charge in [-0.1, -0.05) is 47.5 Å². The fraction of sp³-hybridized carbons (Fsp3) is 0.390. The van der Waals surface area contributed by atoms with Crippen LogP contribution in [0.3, 0.4) is 0 Å². The van der Waals surface area contributed by atoms with Gasteiger partial charge in [0.25, 0.3) is 5.91 Å². The van der Waals surface area contributed by atoms with E-state index in [2.05, 4.69) is 37.7 Å². The van der Waals surface area contributed by atoms with Crippen LogP contribution in [-0.4, -0.2) is 123 Å². The van der Waals surface area contributed by atoms with Gasteiger partial charge in [0.1, 0.15) is 45.2 Å². The lowest BCUT2D eigenvalue weighted by Crippen LogP contribution is -2.35. The Balaban J connectivity index is 1.20. The second-order valence-electron chi connectivity index (χ2n) is 13.5. The number of phenolic OH excluding ortho intramolecular Hbond substituents is 1. The first-order chi connectivity index (χ1) is 28.5. The Morgan fingerprint density at radius 1 is 0.644 bits per heavy atom. The SMILES string of the molecule is COCNc1nc(N(COC)COC)nc(N(COC)COCCNC(=O)COc2ccc(-c3nc(-c4ccc(C)cc4C)nc(-c4ccc(C)cc4C)n3)c(O)c2)n1. The third-order valence-corrected chi connectivity index (χ3v) is 8.68. The third-order valence-electron chi connectivity index (χ3n) is 8.68. The van der Waals surface area contributed by atoms with Gasteiger partial charge in [-0.05, 0) is 51.0 Å². The normalized spacial score (nSPS) is 11.1. The number of methoxy groups -OCH3 is 4. The molecule has 0 saturated heterocycles. The van der Waals surface area contributed by atoms with Crippen molar-refractivity contribution in [1.29, 1.82) is 0 Å². The highest BCUT2D eigenvalue weighted by Gasteiger charge is 2.20. The molecule has 0 saturated carbocycles. The lowest BCUT2D eigenvalue weighted by atomic mass is 10.0. The van der Waals surface area contributed by atoms with E-state index in [1.807, 2.05) is 52.0 Å². The van der Waals surface area contributed by atoms with E-state index in [-0.39, 0.29) is 82.7 Å². The molecule has 314 valence electrons. The van der Waals surface area contributed by atoms with Crippen LogP contribution in [0.25, 0.3) is 34.2 Å². The molecule has 59 heavy (non-hydrogen) atoms. The number of hydrogen-bond donors (Lipinski definition) is 3. The summed E-state index contributed by atoms with van der Waals surface area (Å²) in [4.78, 5) is 43.9. The molecule has 1 amide bonds. The van der Waals surface area contributed by atoms with Crippen molar-refractivity contribution < 1.29 is 38.3 Å². The monoisotopic (exact) mass is 812 g/mol. The van der Waals surface area contributed by atoms with Crippen LogP contribution >= 0.6 is 0 Å². The number of benzene rings is 3. The molecule has 0 unspecified atom stereocenters. The van der Waals surface area contributed by atoms with Crippen molar-refractivity contribution >= 4 is 23.8 Å². The number of nitrogens with zero attached hydrogens (tertiary/aromatic N) is 8. The van der Waals surface area contributed by atoms with Crippen molar-refractivity contribution in [1.82, 2.24) is 35.2 Å². The summed E-state index contributed by atoms with van der Waals surface area (Å²) in [5, 5.41) is 16.9. The van der Waals surface area contributed by atoms with Crippen LogP contribution in [0.15, 0.2) is 54.6 Å². The fourth-order valence-corrected chi connectivity index (χ4v) is 5.92. The van der Waals surface area contributed by atoms with Gasteiger partial charge >= 0.3 is 0 Å². The van der Waals surface area contributed by atoms with Gasteiger partial charge in [0.2, 0.25) is 17.8 Å². The number of aromatic hydroxyl groups is 1. The Bertz CT molecular complexity index is 2100. The summed E-state index contributed by atoms with van der Waals surface area (Å²) in [7, 11) is 6.18. The Labute approximate surface area is 343 Å². The van der Waals surface area contributed by atoms with Crippen LogP contribution in [0, 0.1) is 27.7 Å². The third kappa shape index (κ3) is 12.2. The standard InChI is InChI=1S/C41H52N10O8/c1-26-9-12-31(28(3)17-26)36-44-37(32-13-10-27(2)18-29(32)4)46-38(45-36)33-14-11-30(19-34(33)52)59-20-35(53)42-15-16-58-25-51(24-57-8)41-48-39(43-21-54-5)47-40(49-41)50(22-55-6)23-56-7/h9-14,17-19,52H,15-16,20-25H2,1-8H3,(H,42,53)(H,43,47,48,49). The molecule has 3 aromatic carbocycles. The van der Waals surface area contributed by atoms with E-state index in [1.165, 1.54) is 13.2 Å². The summed E-state index contributed by atoms with van der Waals surface area (Å²) in [5.74, 6) is 1.89. The number of anilines is 3. The average molecular weight is 813 g/mol. The zero-order valence-corrected chi connectivity index (χ0v) is 34.7. The fourth-order valence-electron chi connectivity index (χ4n) is 5.92. The molecule has 0 fully saturated rings. The molecule has 2 heterocycles. The van der Waals surface area contributed by atoms with Crippen LogP contribution < -0.4 is 25.2 Å². The minimum absolute atomic E-state index is 0.0347. The smallest absolute Gasteiger partial charge is 0.258 e. The van der Waals surface area contributed by atoms with Crippen LogP contribution in [0.1, 0.15) is 22.3 Å². The van der Waals surface area contributed by atoms with Gasteiger partial charge in [-0.2, -0.15) is 15.0 Å². The molecule has 0 aliphatic carbocycles. The minimum Gasteiger partial charge on any atom is -0.507 e. The van der Waals surface area contributed by atoms with Crippen LogP contribution in [0.5, 0.6) is 11.5 Å². The van der Waals surface area contributed by atoms with E-state index in [0.29, 0.717) is 29.0 Å². The topological polar surface area (TPSA) is 201 Å². The Morgan fingerprint density at radius 2 is 1.17 bits per heavy atom. The van der Waals surface area contributed by atoms with E-state index in [9.17, 15) is 9.90 Å². The molecule has 0 spiro atoms. The first kappa shape index (κ1) is 44.1. The molecule has 5 aromatic rings. The lowest BCUT2D eigenvalue weighted by molar-refractivity contribution is -0.123. The van der Waals surface area contributed by atoms with Crippen LogP contribution in [0.4, 0.5) is 17.8 Å². The molecule has 0 bridgehead atoms. The molecule has 0 radical (unpaired) electrons. The second kappa shape index (κ2) is 21.6. The molecule has 2 aromatic heterocycles. The minimum atomic E-state index is -0.382. The Hall–Kier alpha value is -6.05. The molecular weight excluding hydrogens is 761 g/mol. The van der Waals surface area contributed by atoms with Gasteiger partial charge in [0.15, 0.2) is 24.1 Å². The summed E-state index contributed by atoms with van der Waals surface area (Å²) in [6.07, 6.45) is 0. The molecule has 18 heteroatoms. The van der Waals surface area contributed by atoms with Gasteiger partial charge in [-0.15, -0.1) is 0 Å². The maximum atomic E-state index is 12.7. The van der Waals surface area contributed by atoms with Crippen molar-refractivity contribution in [3.63, 3.8) is 0 Å². The highest BCUT2D eigenvalue weighted by molar-refractivity contribution is 5.77. The molecule has 5 rings (SSSR count). The van der Waals surface area contributed by atoms with Gasteiger partial charge in [0.05, 0.1) is 12.2 Å². The Morgan fingerprint density at radius 3 is 1.68 bits per heavy atom. The number of phenols is 1. The van der Waals surface area contributed by atoms with Crippen molar-refractivity contribution in [2.75, 3.05) is 97.0 Å². The number of carbonyl (C=O) groups excluding carboxylic acids is 1. The number of nitrogens with one attached hydrogen (secondary N) is 2. The number of rotatable bonds is 22. The molecule has 0 aliphatic rings. The summed E-state index contributed by atoms with van der Waals surface area (Å²) in [6, 6.07) is 16.9. The molecule has 0 aliphatic heterocycles. The number of aryl methyl sites for hydroxylation is 4. The Kier molecular flexibility index (Phi) is 16.2. The molecule has 18 nitrogen and oxygen atoms in total. The van der Waals surface area contributed by atoms with Crippen molar-refractivity contribution in [3.05, 3.63) is 76.9 Å².